The summed E-state index contributed by atoms with van der Waals surface area (Å²) in [7, 11) is 1.65. The van der Waals surface area contributed by atoms with E-state index >= 15 is 0 Å². The van der Waals surface area contributed by atoms with Crippen molar-refractivity contribution >= 4 is 23.6 Å². The van der Waals surface area contributed by atoms with Crippen LogP contribution in [0.2, 0.25) is 0 Å². The highest BCUT2D eigenvalue weighted by Crippen LogP contribution is 2.35. The number of nitrogens with two attached hydrogens (primary N) is 1. The number of ether oxygens (including phenoxy) is 2. The van der Waals surface area contributed by atoms with Crippen molar-refractivity contribution in [3.8, 4) is 12.3 Å². The highest BCUT2D eigenvalue weighted by Gasteiger charge is 2.39. The Kier molecular flexibility index (Phi) is 10.7. The minimum Gasteiger partial charge on any atom is -0.439 e. The Morgan fingerprint density at radius 3 is 2.56 bits per heavy atom. The molecule has 6 atom stereocenters. The molecule has 0 saturated heterocycles. The number of nitrogens with zero attached hydrogens (tertiary/aromatic N) is 1. The molecular weight excluding hydrogens is 524 g/mol. The molecule has 0 fully saturated rings. The molecule has 41 heavy (non-hydrogen) atoms. The van der Waals surface area contributed by atoms with E-state index in [0.717, 1.165) is 11.1 Å². The lowest BCUT2D eigenvalue weighted by molar-refractivity contribution is -0.193. The Labute approximate surface area is 242 Å². The molecule has 2 aliphatic heterocycles. The number of terminal acetylenes is 1. The molecule has 220 valence electrons. The highest BCUT2D eigenvalue weighted by molar-refractivity contribution is 6.23. The van der Waals surface area contributed by atoms with Gasteiger partial charge < -0.3 is 15.2 Å². The Balaban J connectivity index is 2.25. The second-order valence-electron chi connectivity index (χ2n) is 11.1. The topological polar surface area (TPSA) is 125 Å². The third kappa shape index (κ3) is 7.32. The van der Waals surface area contributed by atoms with E-state index in [0.29, 0.717) is 29.6 Å². The summed E-state index contributed by atoms with van der Waals surface area (Å²) < 4.78 is 11.4. The molecule has 0 radical (unpaired) electrons. The van der Waals surface area contributed by atoms with Gasteiger partial charge >= 0.3 is 6.09 Å². The Morgan fingerprint density at radius 2 is 1.93 bits per heavy atom. The van der Waals surface area contributed by atoms with E-state index in [1.165, 1.54) is 0 Å². The third-order valence-electron chi connectivity index (χ3n) is 7.99. The summed E-state index contributed by atoms with van der Waals surface area (Å²) in [5.74, 6) is 1.02. The summed E-state index contributed by atoms with van der Waals surface area (Å²) in [6, 6.07) is 0. The highest BCUT2D eigenvalue weighted by atomic mass is 16.7. The van der Waals surface area contributed by atoms with Crippen molar-refractivity contribution in [1.29, 1.82) is 0 Å². The first-order valence-corrected chi connectivity index (χ1v) is 13.9. The van der Waals surface area contributed by atoms with E-state index in [1.807, 2.05) is 19.9 Å². The Hall–Kier alpha value is -3.74. The van der Waals surface area contributed by atoms with Crippen molar-refractivity contribution in [2.75, 3.05) is 7.11 Å². The average Bonchev–Trinajstić information content (AvgIpc) is 2.91. The zero-order valence-electron chi connectivity index (χ0n) is 24.6. The molecule has 3 rings (SSSR count). The van der Waals surface area contributed by atoms with Crippen molar-refractivity contribution in [2.45, 2.75) is 78.6 Å². The van der Waals surface area contributed by atoms with E-state index in [4.69, 9.17) is 26.5 Å². The largest absolute Gasteiger partial charge is 0.439 e. The quantitative estimate of drug-likeness (QED) is 0.303. The zero-order valence-corrected chi connectivity index (χ0v) is 24.6. The maximum Gasteiger partial charge on any atom is 0.405 e. The van der Waals surface area contributed by atoms with Crippen molar-refractivity contribution < 1.29 is 33.5 Å². The van der Waals surface area contributed by atoms with Gasteiger partial charge in [-0.25, -0.2) is 4.79 Å². The van der Waals surface area contributed by atoms with Gasteiger partial charge in [-0.15, -0.1) is 12.3 Å². The van der Waals surface area contributed by atoms with Crippen molar-refractivity contribution in [2.24, 2.45) is 23.5 Å². The maximum atomic E-state index is 14.1. The molecule has 1 aliphatic carbocycles. The monoisotopic (exact) mass is 564 g/mol. The van der Waals surface area contributed by atoms with Gasteiger partial charge in [0.05, 0.1) is 6.10 Å². The van der Waals surface area contributed by atoms with Crippen LogP contribution < -0.4 is 5.73 Å². The second kappa shape index (κ2) is 13.7. The van der Waals surface area contributed by atoms with Gasteiger partial charge in [0.15, 0.2) is 11.9 Å². The van der Waals surface area contributed by atoms with Crippen LogP contribution in [0.4, 0.5) is 4.79 Å². The van der Waals surface area contributed by atoms with Gasteiger partial charge in [-0.05, 0) is 62.5 Å². The molecule has 9 nitrogen and oxygen atoms in total. The number of Topliss-reactive ketones (excluding diaryl/α,β-unsaturated/α-hetero) is 1. The summed E-state index contributed by atoms with van der Waals surface area (Å²) in [5, 5.41) is 0.844. The van der Waals surface area contributed by atoms with Crippen LogP contribution in [0.5, 0.6) is 0 Å². The SMILES string of the molecule is C#CCCC1=C2C[C@@H](C)C[C@H](OC)[C@H](C)[C@@H](C)/C=C(\C)[C@H](OC(N)=O)C3/C=C\C=C(/C)C(=O)N(O3)C(=CC1=O)C2=O. The molecule has 3 aliphatic rings. The summed E-state index contributed by atoms with van der Waals surface area (Å²) in [4.78, 5) is 59.2. The van der Waals surface area contributed by atoms with Crippen LogP contribution in [0.3, 0.4) is 0 Å². The van der Waals surface area contributed by atoms with Crippen molar-refractivity contribution in [3.05, 3.63) is 58.4 Å². The first-order chi connectivity index (χ1) is 19.4. The number of methoxy groups -OCH3 is 1. The fourth-order valence-corrected chi connectivity index (χ4v) is 5.52. The van der Waals surface area contributed by atoms with E-state index in [2.05, 4.69) is 12.8 Å². The fourth-order valence-electron chi connectivity index (χ4n) is 5.52. The number of allylic oxidation sites excluding steroid dienone is 6. The average molecular weight is 565 g/mol. The lowest BCUT2D eigenvalue weighted by atomic mass is 9.80. The van der Waals surface area contributed by atoms with Crippen molar-refractivity contribution in [1.82, 2.24) is 5.06 Å². The molecule has 0 aromatic heterocycles. The van der Waals surface area contributed by atoms with Crippen LogP contribution in [0.1, 0.15) is 60.3 Å². The van der Waals surface area contributed by atoms with Crippen LogP contribution in [-0.2, 0) is 28.7 Å². The lowest BCUT2D eigenvalue weighted by Crippen LogP contribution is -2.45. The van der Waals surface area contributed by atoms with Crippen LogP contribution in [-0.4, -0.2) is 54.1 Å². The maximum absolute atomic E-state index is 14.1. The number of hydrogen-bond donors (Lipinski definition) is 1. The van der Waals surface area contributed by atoms with Crippen LogP contribution in [0.25, 0.3) is 0 Å². The molecular formula is C32H40N2O7. The molecule has 0 aromatic carbocycles. The zero-order chi connectivity index (χ0) is 30.4. The molecule has 2 N–H and O–H groups in total. The molecule has 2 amide bonds. The van der Waals surface area contributed by atoms with Gasteiger partial charge in [-0.3, -0.25) is 19.2 Å². The Bertz CT molecular complexity index is 1280. The van der Waals surface area contributed by atoms with Gasteiger partial charge in [0, 0.05) is 36.3 Å². The van der Waals surface area contributed by atoms with E-state index in [1.54, 1.807) is 39.2 Å². The van der Waals surface area contributed by atoms with Crippen LogP contribution in [0.15, 0.2) is 58.4 Å². The standard InChI is InChI=1S/C32H40N2O7/c1-8-9-12-23-24-14-18(2)15-28(39-7)22(6)20(4)16-21(5)30(40-32(33)38)27-13-10-11-19(3)31(37)34(41-27)25(29(24)36)17-26(23)35/h1,10-11,13,16-18,20,22,27-28,30H,9,12,14-15H2,2-7H3,(H2,33,38)/b13-10-,19-11+,21-16+/t18-,20+,22-,27?,28+,30+/m1/s1. The number of amides is 2. The fraction of sp³-hybridized carbons (Fsp3) is 0.500. The summed E-state index contributed by atoms with van der Waals surface area (Å²) in [6.07, 6.45) is 11.6. The lowest BCUT2D eigenvalue weighted by Gasteiger charge is -2.33. The van der Waals surface area contributed by atoms with Gasteiger partial charge in [0.25, 0.3) is 5.91 Å². The second-order valence-corrected chi connectivity index (χ2v) is 11.1. The minimum atomic E-state index is -1.05. The van der Waals surface area contributed by atoms with Crippen LogP contribution >= 0.6 is 0 Å². The van der Waals surface area contributed by atoms with E-state index in [9.17, 15) is 19.2 Å². The van der Waals surface area contributed by atoms with Gasteiger partial charge in [0.1, 0.15) is 11.8 Å². The number of hydroxylamine groups is 2. The Morgan fingerprint density at radius 1 is 1.22 bits per heavy atom. The molecule has 0 spiro atoms. The molecule has 1 unspecified atom stereocenters. The number of hydrogen-bond acceptors (Lipinski definition) is 7. The first kappa shape index (κ1) is 31.8. The number of carbonyl (C=O) groups is 4. The van der Waals surface area contributed by atoms with E-state index < -0.39 is 35.8 Å². The summed E-state index contributed by atoms with van der Waals surface area (Å²) in [6.45, 7) is 9.49. The predicted octanol–water partition coefficient (Wildman–Crippen LogP) is 4.50. The molecule has 9 heteroatoms. The number of carbonyl (C=O) groups excluding carboxylic acids is 4. The summed E-state index contributed by atoms with van der Waals surface area (Å²) >= 11 is 0. The van der Waals surface area contributed by atoms with Gasteiger partial charge in [-0.2, -0.15) is 5.06 Å². The number of rotatable bonds is 4. The van der Waals surface area contributed by atoms with E-state index in [-0.39, 0.29) is 48.0 Å². The first-order valence-electron chi connectivity index (χ1n) is 13.9. The summed E-state index contributed by atoms with van der Waals surface area (Å²) in [5.41, 5.74) is 6.81. The normalized spacial score (nSPS) is 33.0. The van der Waals surface area contributed by atoms with Crippen LogP contribution in [0, 0.1) is 30.1 Å². The third-order valence-corrected chi connectivity index (χ3v) is 7.99. The van der Waals surface area contributed by atoms with Crippen molar-refractivity contribution in [3.63, 3.8) is 0 Å². The minimum absolute atomic E-state index is 0.00998. The molecule has 2 heterocycles. The van der Waals surface area contributed by atoms with Gasteiger partial charge in [0.2, 0.25) is 5.78 Å². The van der Waals surface area contributed by atoms with Gasteiger partial charge in [-0.1, -0.05) is 39.0 Å². The predicted molar refractivity (Wildman–Crippen MR) is 154 cm³/mol. The molecule has 4 bridgehead atoms. The molecule has 0 aromatic rings. The number of ketones is 2. The molecule has 0 saturated carbocycles. The number of primary amides is 1. The smallest absolute Gasteiger partial charge is 0.405 e. The number of fused-ring (bicyclic) bond motifs is 5.